The number of hydrogen-bond donors (Lipinski definition) is 0. The van der Waals surface area contributed by atoms with Crippen LogP contribution in [0.5, 0.6) is 0 Å². The summed E-state index contributed by atoms with van der Waals surface area (Å²) in [6.07, 6.45) is 8.62. The third-order valence-electron chi connectivity index (χ3n) is 10.0. The molecule has 10 aromatic rings. The molecule has 11 rings (SSSR count). The van der Waals surface area contributed by atoms with Gasteiger partial charge in [0.25, 0.3) is 0 Å². The van der Waals surface area contributed by atoms with Gasteiger partial charge in [-0.05, 0) is 72.5 Å². The Morgan fingerprint density at radius 2 is 1.08 bits per heavy atom. The molecule has 4 aromatic heterocycles. The Morgan fingerprint density at radius 1 is 0.434 bits per heavy atom. The van der Waals surface area contributed by atoms with Crippen molar-refractivity contribution in [3.05, 3.63) is 151 Å². The van der Waals surface area contributed by atoms with E-state index >= 15 is 0 Å². The molecule has 4 heterocycles. The predicted molar refractivity (Wildman–Crippen MR) is 227 cm³/mol. The molecule has 1 aliphatic carbocycles. The molecule has 0 N–H and O–H groups in total. The van der Waals surface area contributed by atoms with Crippen molar-refractivity contribution in [3.63, 3.8) is 0 Å². The summed E-state index contributed by atoms with van der Waals surface area (Å²) < 4.78 is 6.08. The molecular weight excluding hydrogens is 705 g/mol. The average molecular weight is 733 g/mol. The Morgan fingerprint density at radius 3 is 1.85 bits per heavy atom. The van der Waals surface area contributed by atoms with Crippen molar-refractivity contribution in [2.24, 2.45) is 0 Å². The number of thiophene rings is 2. The lowest BCUT2D eigenvalue weighted by Gasteiger charge is -2.11. The fourth-order valence-corrected chi connectivity index (χ4v) is 10.8. The summed E-state index contributed by atoms with van der Waals surface area (Å²) in [5.41, 5.74) is 7.65. The Balaban J connectivity index is 1.05. The summed E-state index contributed by atoms with van der Waals surface area (Å²) in [6, 6.07) is 45.5. The number of rotatable bonds is 5. The van der Waals surface area contributed by atoms with Crippen LogP contribution in [0, 0.1) is 0 Å². The van der Waals surface area contributed by atoms with Gasteiger partial charge in [0.2, 0.25) is 0 Å². The Kier molecular flexibility index (Phi) is 7.18. The number of para-hydroxylation sites is 1. The second-order valence-electron chi connectivity index (χ2n) is 13.3. The highest BCUT2D eigenvalue weighted by molar-refractivity contribution is 7.26. The molecule has 0 saturated heterocycles. The van der Waals surface area contributed by atoms with Gasteiger partial charge in [-0.2, -0.15) is 0 Å². The van der Waals surface area contributed by atoms with Crippen molar-refractivity contribution in [1.82, 2.24) is 19.9 Å². The van der Waals surface area contributed by atoms with Gasteiger partial charge in [-0.25, -0.2) is 19.9 Å². The molecule has 1 aliphatic rings. The minimum Gasteiger partial charge on any atom is -0.236 e. The van der Waals surface area contributed by atoms with Crippen LogP contribution in [0.2, 0.25) is 0 Å². The summed E-state index contributed by atoms with van der Waals surface area (Å²) in [6.45, 7) is 0. The summed E-state index contributed by atoms with van der Waals surface area (Å²) in [5, 5.41) is 5.98. The van der Waals surface area contributed by atoms with E-state index < -0.39 is 0 Å². The van der Waals surface area contributed by atoms with Crippen LogP contribution >= 0.6 is 34.0 Å². The van der Waals surface area contributed by atoms with Gasteiger partial charge in [0.05, 0.1) is 10.2 Å². The summed E-state index contributed by atoms with van der Waals surface area (Å²) in [7, 11) is 0. The number of thiazole rings is 1. The Hall–Kier alpha value is -5.86. The quantitative estimate of drug-likeness (QED) is 0.177. The number of benzene rings is 6. The van der Waals surface area contributed by atoms with E-state index in [1.165, 1.54) is 56.2 Å². The number of fused-ring (bicyclic) bond motifs is 7. The predicted octanol–water partition coefficient (Wildman–Crippen LogP) is 13.6. The van der Waals surface area contributed by atoms with E-state index in [1.54, 1.807) is 34.0 Å². The fraction of sp³-hybridized carbons (Fsp3) is 0.0435. The van der Waals surface area contributed by atoms with E-state index in [0.717, 1.165) is 45.6 Å². The van der Waals surface area contributed by atoms with Crippen molar-refractivity contribution in [2.75, 3.05) is 0 Å². The molecular formula is C46H28N4S3. The molecule has 250 valence electrons. The monoisotopic (exact) mass is 732 g/mol. The first-order valence-electron chi connectivity index (χ1n) is 17.7. The zero-order valence-electron chi connectivity index (χ0n) is 28.3. The van der Waals surface area contributed by atoms with Crippen LogP contribution < -0.4 is 0 Å². The maximum atomic E-state index is 5.26. The molecule has 0 amide bonds. The van der Waals surface area contributed by atoms with Gasteiger partial charge in [-0.1, -0.05) is 97.1 Å². The van der Waals surface area contributed by atoms with E-state index in [0.29, 0.717) is 17.5 Å². The number of nitrogens with zero attached hydrogens (tertiary/aromatic N) is 4. The molecule has 6 aromatic carbocycles. The molecule has 7 heteroatoms. The molecule has 0 unspecified atom stereocenters. The first-order valence-corrected chi connectivity index (χ1v) is 20.1. The SMILES string of the molecule is C1=CC(c2nc(-c3cccc4c3sc3ccccc34)nc(-c3cccc4c3sc3ccc(-c5cccc(-c6nc7ccccc7s6)c5)cc34)n2)=CCC1. The highest BCUT2D eigenvalue weighted by Crippen LogP contribution is 2.43. The number of aromatic nitrogens is 4. The molecule has 0 aliphatic heterocycles. The third kappa shape index (κ3) is 5.23. The van der Waals surface area contributed by atoms with Crippen molar-refractivity contribution in [1.29, 1.82) is 0 Å². The highest BCUT2D eigenvalue weighted by atomic mass is 32.1. The number of hydrogen-bond acceptors (Lipinski definition) is 7. The molecule has 0 atom stereocenters. The molecule has 53 heavy (non-hydrogen) atoms. The van der Waals surface area contributed by atoms with E-state index in [9.17, 15) is 0 Å². The second kappa shape index (κ2) is 12.4. The van der Waals surface area contributed by atoms with Crippen molar-refractivity contribution < 1.29 is 0 Å². The Labute approximate surface area is 317 Å². The lowest BCUT2D eigenvalue weighted by atomic mass is 10.0. The van der Waals surface area contributed by atoms with E-state index in [-0.39, 0.29) is 0 Å². The van der Waals surface area contributed by atoms with Crippen LogP contribution in [0.25, 0.3) is 101 Å². The van der Waals surface area contributed by atoms with E-state index in [1.807, 2.05) is 6.07 Å². The van der Waals surface area contributed by atoms with E-state index in [2.05, 4.69) is 140 Å². The van der Waals surface area contributed by atoms with Crippen molar-refractivity contribution in [3.8, 4) is 44.5 Å². The van der Waals surface area contributed by atoms with Gasteiger partial charge < -0.3 is 0 Å². The minimum absolute atomic E-state index is 0.698. The Bertz CT molecular complexity index is 3110. The van der Waals surface area contributed by atoms with Gasteiger partial charge in [0.15, 0.2) is 17.5 Å². The first kappa shape index (κ1) is 30.7. The summed E-state index contributed by atoms with van der Waals surface area (Å²) >= 11 is 5.34. The summed E-state index contributed by atoms with van der Waals surface area (Å²) in [5.74, 6) is 2.12. The zero-order valence-corrected chi connectivity index (χ0v) is 30.7. The first-order chi connectivity index (χ1) is 26.2. The molecule has 0 bridgehead atoms. The molecule has 0 radical (unpaired) electrons. The van der Waals surface area contributed by atoms with Crippen LogP contribution in [0.4, 0.5) is 0 Å². The van der Waals surface area contributed by atoms with Crippen molar-refractivity contribution >= 4 is 90.1 Å². The fourth-order valence-electron chi connectivity index (χ4n) is 7.43. The number of allylic oxidation sites excluding steroid dienone is 4. The average Bonchev–Trinajstić information content (AvgIpc) is 3.94. The zero-order chi connectivity index (χ0) is 34.9. The topological polar surface area (TPSA) is 51.6 Å². The van der Waals surface area contributed by atoms with Crippen LogP contribution in [0.15, 0.2) is 146 Å². The van der Waals surface area contributed by atoms with Gasteiger partial charge in [-0.3, -0.25) is 0 Å². The highest BCUT2D eigenvalue weighted by Gasteiger charge is 2.20. The van der Waals surface area contributed by atoms with Gasteiger partial charge in [-0.15, -0.1) is 34.0 Å². The van der Waals surface area contributed by atoms with Crippen LogP contribution in [-0.2, 0) is 0 Å². The molecule has 0 fully saturated rings. The van der Waals surface area contributed by atoms with E-state index in [4.69, 9.17) is 19.9 Å². The lowest BCUT2D eigenvalue weighted by molar-refractivity contribution is 1.01. The van der Waals surface area contributed by atoms with Crippen LogP contribution in [0.3, 0.4) is 0 Å². The lowest BCUT2D eigenvalue weighted by Crippen LogP contribution is -2.03. The van der Waals surface area contributed by atoms with Crippen LogP contribution in [-0.4, -0.2) is 19.9 Å². The second-order valence-corrected chi connectivity index (χ2v) is 16.4. The van der Waals surface area contributed by atoms with Gasteiger partial charge in [0, 0.05) is 62.6 Å². The third-order valence-corrected chi connectivity index (χ3v) is 13.5. The molecule has 0 saturated carbocycles. The normalized spacial score (nSPS) is 13.2. The van der Waals surface area contributed by atoms with Crippen molar-refractivity contribution in [2.45, 2.75) is 12.8 Å². The summed E-state index contributed by atoms with van der Waals surface area (Å²) in [4.78, 5) is 20.5. The maximum Gasteiger partial charge on any atom is 0.165 e. The van der Waals surface area contributed by atoms with Gasteiger partial charge >= 0.3 is 0 Å². The molecule has 4 nitrogen and oxygen atoms in total. The molecule has 0 spiro atoms. The maximum absolute atomic E-state index is 5.26. The van der Waals surface area contributed by atoms with Crippen LogP contribution in [0.1, 0.15) is 18.7 Å². The largest absolute Gasteiger partial charge is 0.236 e. The standard InChI is InChI=1S/C46H28N4S3/c1-2-11-27(12-3-1)43-48-44(34-18-9-16-32-31-15-4-6-21-38(31)51-41(32)34)50-45(49-43)35-19-10-17-33-36-26-29(23-24-39(36)52-42(33)35)28-13-8-14-30(25-28)46-47-37-20-5-7-22-40(37)53-46/h2,4-26H,1,3H2. The van der Waals surface area contributed by atoms with Gasteiger partial charge in [0.1, 0.15) is 5.01 Å². The minimum atomic E-state index is 0.698. The smallest absolute Gasteiger partial charge is 0.165 e.